The van der Waals surface area contributed by atoms with Crippen molar-refractivity contribution in [1.82, 2.24) is 10.6 Å². The average molecular weight is 417 g/mol. The van der Waals surface area contributed by atoms with Gasteiger partial charge in [0.2, 0.25) is 5.91 Å². The number of phenols is 1. The Labute approximate surface area is 160 Å². The molecule has 0 aliphatic heterocycles. The zero-order chi connectivity index (χ0) is 18.6. The van der Waals surface area contributed by atoms with Gasteiger partial charge in [0.05, 0.1) is 5.41 Å². The van der Waals surface area contributed by atoms with Crippen LogP contribution in [0.4, 0.5) is 0 Å². The van der Waals surface area contributed by atoms with Crippen LogP contribution in [-0.4, -0.2) is 30.0 Å². The second-order valence-electron chi connectivity index (χ2n) is 6.50. The molecule has 0 aromatic heterocycles. The maximum atomic E-state index is 12.5. The highest BCUT2D eigenvalue weighted by Crippen LogP contribution is 2.48. The fourth-order valence-electron chi connectivity index (χ4n) is 2.95. The molecule has 2 aromatic rings. The summed E-state index contributed by atoms with van der Waals surface area (Å²) in [6.45, 7) is 0.970. The van der Waals surface area contributed by atoms with Crippen molar-refractivity contribution in [3.05, 3.63) is 64.1 Å². The van der Waals surface area contributed by atoms with Gasteiger partial charge in [0.25, 0.3) is 5.91 Å². The summed E-state index contributed by atoms with van der Waals surface area (Å²) < 4.78 is 1.000. The molecule has 0 heterocycles. The van der Waals surface area contributed by atoms with E-state index in [9.17, 15) is 14.7 Å². The van der Waals surface area contributed by atoms with Crippen LogP contribution in [0, 0.1) is 0 Å². The Kier molecular flexibility index (Phi) is 5.61. The number of rotatable bonds is 7. The number of carbonyl (C=O) groups excluding carboxylic acids is 2. The number of benzene rings is 2. The lowest BCUT2D eigenvalue weighted by molar-refractivity contribution is -0.123. The van der Waals surface area contributed by atoms with Gasteiger partial charge in [-0.1, -0.05) is 34.1 Å². The molecule has 0 spiro atoms. The van der Waals surface area contributed by atoms with Gasteiger partial charge < -0.3 is 15.7 Å². The number of carbonyl (C=O) groups is 2. The van der Waals surface area contributed by atoms with Crippen molar-refractivity contribution in [3.63, 3.8) is 0 Å². The van der Waals surface area contributed by atoms with Crippen molar-refractivity contribution in [1.29, 1.82) is 0 Å². The number of nitrogens with one attached hydrogen (secondary N) is 2. The molecule has 1 saturated carbocycles. The lowest BCUT2D eigenvalue weighted by Crippen LogP contribution is -2.36. The Bertz CT molecular complexity index is 801. The van der Waals surface area contributed by atoms with Gasteiger partial charge in [0, 0.05) is 23.1 Å². The Morgan fingerprint density at radius 3 is 2.38 bits per heavy atom. The topological polar surface area (TPSA) is 78.4 Å². The molecule has 26 heavy (non-hydrogen) atoms. The van der Waals surface area contributed by atoms with Crippen molar-refractivity contribution in [2.75, 3.05) is 13.1 Å². The molecule has 1 aliphatic rings. The minimum atomic E-state index is -0.383. The molecule has 2 amide bonds. The van der Waals surface area contributed by atoms with E-state index in [1.165, 1.54) is 12.1 Å². The van der Waals surface area contributed by atoms with Crippen LogP contribution in [0.2, 0.25) is 0 Å². The number of phenolic OH excluding ortho intramolecular Hbond substituents is 1. The molecule has 0 saturated heterocycles. The summed E-state index contributed by atoms with van der Waals surface area (Å²) in [6.07, 6.45) is 2.39. The van der Waals surface area contributed by atoms with Gasteiger partial charge in [0.15, 0.2) is 0 Å². The molecule has 1 aliphatic carbocycles. The highest BCUT2D eigenvalue weighted by molar-refractivity contribution is 9.10. The molecule has 136 valence electrons. The second-order valence-corrected chi connectivity index (χ2v) is 7.42. The van der Waals surface area contributed by atoms with Crippen molar-refractivity contribution in [3.8, 4) is 5.75 Å². The van der Waals surface area contributed by atoms with E-state index in [1.54, 1.807) is 12.1 Å². The van der Waals surface area contributed by atoms with E-state index in [1.807, 2.05) is 24.3 Å². The summed E-state index contributed by atoms with van der Waals surface area (Å²) in [5.74, 6) is -0.118. The zero-order valence-electron chi connectivity index (χ0n) is 14.3. The molecule has 3 rings (SSSR count). The van der Waals surface area contributed by atoms with E-state index in [2.05, 4.69) is 26.6 Å². The van der Waals surface area contributed by atoms with Crippen LogP contribution >= 0.6 is 15.9 Å². The van der Waals surface area contributed by atoms with Crippen LogP contribution in [0.5, 0.6) is 5.75 Å². The summed E-state index contributed by atoms with van der Waals surface area (Å²) >= 11 is 3.41. The van der Waals surface area contributed by atoms with Crippen LogP contribution in [0.3, 0.4) is 0 Å². The molecular weight excluding hydrogens is 396 g/mol. The van der Waals surface area contributed by atoms with Crippen molar-refractivity contribution in [2.45, 2.75) is 24.7 Å². The van der Waals surface area contributed by atoms with Crippen molar-refractivity contribution < 1.29 is 14.7 Å². The van der Waals surface area contributed by atoms with Gasteiger partial charge in [-0.25, -0.2) is 0 Å². The monoisotopic (exact) mass is 416 g/mol. The first-order valence-corrected chi connectivity index (χ1v) is 9.42. The fourth-order valence-corrected chi connectivity index (χ4v) is 3.22. The Hall–Kier alpha value is -2.34. The Balaban J connectivity index is 1.42. The highest BCUT2D eigenvalue weighted by atomic mass is 79.9. The second kappa shape index (κ2) is 7.91. The highest BCUT2D eigenvalue weighted by Gasteiger charge is 2.50. The standard InChI is InChI=1S/C20H21BrN2O3/c21-16-7-5-15(6-8-16)20(9-10-20)19(26)23-12-2-11-22-18(25)14-3-1-4-17(24)13-14/h1,3-8,13,24H,2,9-12H2,(H,22,25)(H,23,26). The minimum Gasteiger partial charge on any atom is -0.508 e. The van der Waals surface area contributed by atoms with E-state index in [4.69, 9.17) is 0 Å². The first kappa shape index (κ1) is 18.5. The predicted octanol–water partition coefficient (Wildman–Crippen LogP) is 3.12. The third kappa shape index (κ3) is 4.25. The quantitative estimate of drug-likeness (QED) is 0.606. The van der Waals surface area contributed by atoms with Gasteiger partial charge in [-0.3, -0.25) is 9.59 Å². The number of aromatic hydroxyl groups is 1. The molecule has 6 heteroatoms. The molecule has 5 nitrogen and oxygen atoms in total. The van der Waals surface area contributed by atoms with E-state index < -0.39 is 0 Å². The van der Waals surface area contributed by atoms with E-state index in [0.29, 0.717) is 25.1 Å². The van der Waals surface area contributed by atoms with Gasteiger partial charge in [-0.15, -0.1) is 0 Å². The molecular formula is C20H21BrN2O3. The zero-order valence-corrected chi connectivity index (χ0v) is 15.9. The first-order chi connectivity index (χ1) is 12.5. The van der Waals surface area contributed by atoms with Gasteiger partial charge in [-0.2, -0.15) is 0 Å². The largest absolute Gasteiger partial charge is 0.508 e. The lowest BCUT2D eigenvalue weighted by atomic mass is 9.95. The van der Waals surface area contributed by atoms with Crippen LogP contribution in [-0.2, 0) is 10.2 Å². The third-order valence-corrected chi connectivity index (χ3v) is 5.14. The summed E-state index contributed by atoms with van der Waals surface area (Å²) in [5.41, 5.74) is 1.09. The summed E-state index contributed by atoms with van der Waals surface area (Å²) in [7, 11) is 0. The maximum absolute atomic E-state index is 12.5. The molecule has 0 unspecified atom stereocenters. The number of amides is 2. The number of hydrogen-bond donors (Lipinski definition) is 3. The van der Waals surface area contributed by atoms with Crippen LogP contribution < -0.4 is 10.6 Å². The van der Waals surface area contributed by atoms with E-state index >= 15 is 0 Å². The van der Waals surface area contributed by atoms with E-state index in [-0.39, 0.29) is 23.0 Å². The third-order valence-electron chi connectivity index (χ3n) is 4.61. The SMILES string of the molecule is O=C(NCCCNC(=O)C1(c2ccc(Br)cc2)CC1)c1cccc(O)c1. The summed E-state index contributed by atoms with van der Waals surface area (Å²) in [5, 5.41) is 15.2. The summed E-state index contributed by atoms with van der Waals surface area (Å²) in [6, 6.07) is 14.1. The molecule has 0 radical (unpaired) electrons. The Morgan fingerprint density at radius 2 is 1.73 bits per heavy atom. The predicted molar refractivity (Wildman–Crippen MR) is 103 cm³/mol. The lowest BCUT2D eigenvalue weighted by Gasteiger charge is -2.16. The molecule has 2 aromatic carbocycles. The van der Waals surface area contributed by atoms with E-state index in [0.717, 1.165) is 22.9 Å². The van der Waals surface area contributed by atoms with Gasteiger partial charge in [-0.05, 0) is 55.2 Å². The molecule has 0 bridgehead atoms. The fraction of sp³-hybridized carbons (Fsp3) is 0.300. The van der Waals surface area contributed by atoms with Crippen LogP contribution in [0.1, 0.15) is 35.2 Å². The van der Waals surface area contributed by atoms with Gasteiger partial charge >= 0.3 is 0 Å². The van der Waals surface area contributed by atoms with Crippen molar-refractivity contribution >= 4 is 27.7 Å². The minimum absolute atomic E-state index is 0.0548. The smallest absolute Gasteiger partial charge is 0.251 e. The average Bonchev–Trinajstić information content (AvgIpc) is 3.43. The van der Waals surface area contributed by atoms with Crippen molar-refractivity contribution in [2.24, 2.45) is 0 Å². The number of hydrogen-bond acceptors (Lipinski definition) is 3. The first-order valence-electron chi connectivity index (χ1n) is 8.63. The normalized spacial score (nSPS) is 14.5. The molecule has 3 N–H and O–H groups in total. The molecule has 0 atom stereocenters. The summed E-state index contributed by atoms with van der Waals surface area (Å²) in [4.78, 5) is 24.5. The molecule has 1 fully saturated rings. The van der Waals surface area contributed by atoms with Gasteiger partial charge in [0.1, 0.15) is 5.75 Å². The van der Waals surface area contributed by atoms with Crippen LogP contribution in [0.15, 0.2) is 53.0 Å². The van der Waals surface area contributed by atoms with Crippen LogP contribution in [0.25, 0.3) is 0 Å². The Morgan fingerprint density at radius 1 is 1.04 bits per heavy atom. The maximum Gasteiger partial charge on any atom is 0.251 e. The number of halogens is 1.